The third-order valence-corrected chi connectivity index (χ3v) is 3.83. The lowest BCUT2D eigenvalue weighted by Crippen LogP contribution is -2.40. The van der Waals surface area contributed by atoms with Crippen molar-refractivity contribution in [2.75, 3.05) is 6.54 Å². The highest BCUT2D eigenvalue weighted by Crippen LogP contribution is 2.25. The lowest BCUT2D eigenvalue weighted by Gasteiger charge is -2.19. The van der Waals surface area contributed by atoms with Gasteiger partial charge in [0.05, 0.1) is 6.42 Å². The van der Waals surface area contributed by atoms with Gasteiger partial charge in [-0.2, -0.15) is 0 Å². The van der Waals surface area contributed by atoms with Gasteiger partial charge in [-0.05, 0) is 43.0 Å². The molecule has 1 aliphatic carbocycles. The number of amides is 1. The molecule has 0 aliphatic heterocycles. The van der Waals surface area contributed by atoms with Crippen molar-refractivity contribution >= 4 is 5.91 Å². The predicted octanol–water partition coefficient (Wildman–Crippen LogP) is 2.37. The molecule has 0 heterocycles. The number of ether oxygens (including phenoxy) is 1. The SMILES string of the molecule is NCC1CCCC1NC(=O)Cc1ccc(OC(F)(F)F)cc1. The minimum absolute atomic E-state index is 0.102. The molecule has 1 aromatic rings. The van der Waals surface area contributed by atoms with Crippen LogP contribution in [0.5, 0.6) is 5.75 Å². The molecule has 3 N–H and O–H groups in total. The summed E-state index contributed by atoms with van der Waals surface area (Å²) in [6.45, 7) is 0.550. The zero-order valence-corrected chi connectivity index (χ0v) is 12.0. The fourth-order valence-corrected chi connectivity index (χ4v) is 2.76. The highest BCUT2D eigenvalue weighted by atomic mass is 19.4. The summed E-state index contributed by atoms with van der Waals surface area (Å²) < 4.78 is 39.9. The van der Waals surface area contributed by atoms with Gasteiger partial charge in [-0.1, -0.05) is 18.6 Å². The normalized spacial score (nSPS) is 21.6. The van der Waals surface area contributed by atoms with Crippen LogP contribution in [0.2, 0.25) is 0 Å². The van der Waals surface area contributed by atoms with Crippen molar-refractivity contribution in [2.24, 2.45) is 11.7 Å². The standard InChI is InChI=1S/C15H19F3N2O2/c16-15(17,18)22-12-6-4-10(5-7-12)8-14(21)20-13-3-1-2-11(13)9-19/h4-7,11,13H,1-3,8-9,19H2,(H,20,21). The van der Waals surface area contributed by atoms with Crippen LogP contribution in [0.1, 0.15) is 24.8 Å². The van der Waals surface area contributed by atoms with Gasteiger partial charge in [0, 0.05) is 6.04 Å². The Morgan fingerprint density at radius 3 is 2.55 bits per heavy atom. The Bertz CT molecular complexity index is 503. The third-order valence-electron chi connectivity index (χ3n) is 3.83. The Balaban J connectivity index is 1.86. The minimum Gasteiger partial charge on any atom is -0.406 e. The summed E-state index contributed by atoms with van der Waals surface area (Å²) >= 11 is 0. The predicted molar refractivity (Wildman–Crippen MR) is 75.2 cm³/mol. The van der Waals surface area contributed by atoms with E-state index in [0.717, 1.165) is 19.3 Å². The Labute approximate surface area is 126 Å². The number of carbonyl (C=O) groups is 1. The average molecular weight is 316 g/mol. The summed E-state index contributed by atoms with van der Waals surface area (Å²) in [5, 5.41) is 2.95. The van der Waals surface area contributed by atoms with Gasteiger partial charge in [0.25, 0.3) is 0 Å². The molecule has 1 aromatic carbocycles. The molecule has 122 valence electrons. The quantitative estimate of drug-likeness (QED) is 0.876. The van der Waals surface area contributed by atoms with Crippen molar-refractivity contribution in [2.45, 2.75) is 38.1 Å². The molecule has 0 radical (unpaired) electrons. The summed E-state index contributed by atoms with van der Waals surface area (Å²) in [5.41, 5.74) is 6.30. The van der Waals surface area contributed by atoms with E-state index in [0.29, 0.717) is 18.0 Å². The summed E-state index contributed by atoms with van der Waals surface area (Å²) in [6.07, 6.45) is -1.59. The molecule has 2 atom stereocenters. The Hall–Kier alpha value is -1.76. The molecule has 0 bridgehead atoms. The van der Waals surface area contributed by atoms with Crippen LogP contribution >= 0.6 is 0 Å². The number of nitrogens with one attached hydrogen (secondary N) is 1. The Morgan fingerprint density at radius 2 is 1.95 bits per heavy atom. The van der Waals surface area contributed by atoms with E-state index >= 15 is 0 Å². The summed E-state index contributed by atoms with van der Waals surface area (Å²) in [5.74, 6) is -0.128. The Kier molecular flexibility index (Phi) is 5.28. The molecule has 4 nitrogen and oxygen atoms in total. The number of alkyl halides is 3. The molecule has 1 saturated carbocycles. The van der Waals surface area contributed by atoms with Gasteiger partial charge in [-0.3, -0.25) is 4.79 Å². The summed E-state index contributed by atoms with van der Waals surface area (Å²) in [4.78, 5) is 12.0. The van der Waals surface area contributed by atoms with Crippen LogP contribution < -0.4 is 15.8 Å². The van der Waals surface area contributed by atoms with Crippen molar-refractivity contribution in [3.63, 3.8) is 0 Å². The number of halogens is 3. The molecule has 22 heavy (non-hydrogen) atoms. The second-order valence-electron chi connectivity index (χ2n) is 5.47. The number of hydrogen-bond donors (Lipinski definition) is 2. The van der Waals surface area contributed by atoms with Gasteiger partial charge >= 0.3 is 6.36 Å². The summed E-state index contributed by atoms with van der Waals surface area (Å²) in [6, 6.07) is 5.42. The first-order valence-corrected chi connectivity index (χ1v) is 7.21. The lowest BCUT2D eigenvalue weighted by molar-refractivity contribution is -0.274. The number of carbonyl (C=O) groups excluding carboxylic acids is 1. The van der Waals surface area contributed by atoms with Gasteiger partial charge in [-0.15, -0.1) is 13.2 Å². The molecular weight excluding hydrogens is 297 g/mol. The van der Waals surface area contributed by atoms with E-state index in [1.165, 1.54) is 24.3 Å². The van der Waals surface area contributed by atoms with Crippen LogP contribution in [0.25, 0.3) is 0 Å². The van der Waals surface area contributed by atoms with Crippen molar-refractivity contribution < 1.29 is 22.7 Å². The minimum atomic E-state index is -4.71. The van der Waals surface area contributed by atoms with Crippen LogP contribution in [-0.2, 0) is 11.2 Å². The van der Waals surface area contributed by atoms with E-state index in [4.69, 9.17) is 5.73 Å². The molecule has 2 unspecified atom stereocenters. The fourth-order valence-electron chi connectivity index (χ4n) is 2.76. The molecule has 1 aliphatic rings. The number of benzene rings is 1. The second-order valence-corrected chi connectivity index (χ2v) is 5.47. The largest absolute Gasteiger partial charge is 0.573 e. The first-order valence-electron chi connectivity index (χ1n) is 7.21. The maximum Gasteiger partial charge on any atom is 0.573 e. The van der Waals surface area contributed by atoms with Crippen molar-refractivity contribution in [3.05, 3.63) is 29.8 Å². The highest BCUT2D eigenvalue weighted by Gasteiger charge is 2.31. The smallest absolute Gasteiger partial charge is 0.406 e. The van der Waals surface area contributed by atoms with E-state index in [1.807, 2.05) is 0 Å². The molecular formula is C15H19F3N2O2. The highest BCUT2D eigenvalue weighted by molar-refractivity contribution is 5.79. The van der Waals surface area contributed by atoms with Gasteiger partial charge in [0.2, 0.25) is 5.91 Å². The molecule has 0 spiro atoms. The zero-order chi connectivity index (χ0) is 16.2. The average Bonchev–Trinajstić information content (AvgIpc) is 2.86. The van der Waals surface area contributed by atoms with Crippen LogP contribution in [0.4, 0.5) is 13.2 Å². The maximum absolute atomic E-state index is 12.1. The lowest BCUT2D eigenvalue weighted by atomic mass is 10.0. The van der Waals surface area contributed by atoms with Crippen molar-refractivity contribution in [1.82, 2.24) is 5.32 Å². The fraction of sp³-hybridized carbons (Fsp3) is 0.533. The van der Waals surface area contributed by atoms with Gasteiger partial charge in [0.15, 0.2) is 0 Å². The van der Waals surface area contributed by atoms with Crippen LogP contribution in [0.15, 0.2) is 24.3 Å². The molecule has 7 heteroatoms. The molecule has 2 rings (SSSR count). The first-order chi connectivity index (χ1) is 10.4. The third kappa shape index (κ3) is 4.91. The van der Waals surface area contributed by atoms with Crippen molar-refractivity contribution in [1.29, 1.82) is 0 Å². The molecule has 1 amide bonds. The van der Waals surface area contributed by atoms with Crippen LogP contribution in [0.3, 0.4) is 0 Å². The second kappa shape index (κ2) is 7.00. The molecule has 0 aromatic heterocycles. The van der Waals surface area contributed by atoms with E-state index in [1.54, 1.807) is 0 Å². The molecule has 0 saturated heterocycles. The van der Waals surface area contributed by atoms with Crippen LogP contribution in [0, 0.1) is 5.92 Å². The van der Waals surface area contributed by atoms with E-state index in [9.17, 15) is 18.0 Å². The topological polar surface area (TPSA) is 64.3 Å². The van der Waals surface area contributed by atoms with Gasteiger partial charge in [0.1, 0.15) is 5.75 Å². The number of rotatable bonds is 5. The maximum atomic E-state index is 12.1. The van der Waals surface area contributed by atoms with Gasteiger partial charge in [-0.25, -0.2) is 0 Å². The summed E-state index contributed by atoms with van der Waals surface area (Å²) in [7, 11) is 0. The number of hydrogen-bond acceptors (Lipinski definition) is 3. The monoisotopic (exact) mass is 316 g/mol. The van der Waals surface area contributed by atoms with Crippen molar-refractivity contribution in [3.8, 4) is 5.75 Å². The first kappa shape index (κ1) is 16.6. The number of nitrogens with two attached hydrogens (primary N) is 1. The Morgan fingerprint density at radius 1 is 1.27 bits per heavy atom. The zero-order valence-electron chi connectivity index (χ0n) is 12.0. The van der Waals surface area contributed by atoms with E-state index in [-0.39, 0.29) is 24.1 Å². The van der Waals surface area contributed by atoms with E-state index < -0.39 is 6.36 Å². The van der Waals surface area contributed by atoms with Crippen LogP contribution in [-0.4, -0.2) is 24.9 Å². The van der Waals surface area contributed by atoms with Gasteiger partial charge < -0.3 is 15.8 Å². The van der Waals surface area contributed by atoms with E-state index in [2.05, 4.69) is 10.1 Å². The molecule has 1 fully saturated rings.